The van der Waals surface area contributed by atoms with E-state index in [4.69, 9.17) is 9.47 Å². The third-order valence-corrected chi connectivity index (χ3v) is 6.96. The van der Waals surface area contributed by atoms with Crippen LogP contribution in [0, 0.1) is 0 Å². The lowest BCUT2D eigenvalue weighted by molar-refractivity contribution is -0.0353. The maximum Gasteiger partial charge on any atom is 0.320 e. The number of fused-ring (bicyclic) bond motifs is 1. The lowest BCUT2D eigenvalue weighted by atomic mass is 10.1. The molecule has 0 unspecified atom stereocenters. The molecule has 2 aromatic heterocycles. The summed E-state index contributed by atoms with van der Waals surface area (Å²) < 4.78 is 13.0. The highest BCUT2D eigenvalue weighted by atomic mass is 31.2. The minimum Gasteiger partial charge on any atom is -0.467 e. The van der Waals surface area contributed by atoms with E-state index in [1.165, 1.54) is 12.7 Å². The molecule has 2 aromatic rings. The summed E-state index contributed by atoms with van der Waals surface area (Å²) in [4.78, 5) is 13.3. The molecule has 1 aliphatic rings. The topological polar surface area (TPSA) is 115 Å². The first-order chi connectivity index (χ1) is 14.6. The first kappa shape index (κ1) is 23.7. The van der Waals surface area contributed by atoms with Crippen LogP contribution in [-0.2, 0) is 4.74 Å². The fraction of sp³-hybridized carbons (Fsp3) is 0.619. The third kappa shape index (κ3) is 5.47. The maximum absolute atomic E-state index is 10.7. The number of methoxy groups -OCH3 is 1. The van der Waals surface area contributed by atoms with E-state index in [0.717, 1.165) is 12.6 Å². The van der Waals surface area contributed by atoms with Crippen LogP contribution in [0.4, 0.5) is 5.82 Å². The van der Waals surface area contributed by atoms with Gasteiger partial charge in [-0.15, -0.1) is 13.2 Å². The Balaban J connectivity index is 1.89. The van der Waals surface area contributed by atoms with Crippen LogP contribution in [-0.4, -0.2) is 87.5 Å². The number of hydrogen-bond acceptors (Lipinski definition) is 8. The molecular weight excluding hydrogens is 417 g/mol. The molecule has 4 atom stereocenters. The zero-order valence-electron chi connectivity index (χ0n) is 18.9. The van der Waals surface area contributed by atoms with Gasteiger partial charge in [0, 0.05) is 6.54 Å². The third-order valence-electron chi connectivity index (χ3n) is 5.49. The van der Waals surface area contributed by atoms with Gasteiger partial charge in [-0.05, 0) is 39.3 Å². The average molecular weight is 452 g/mol. The number of aliphatic hydroxyl groups excluding tert-OH is 2. The van der Waals surface area contributed by atoms with E-state index in [-0.39, 0.29) is 6.01 Å². The second-order valence-electron chi connectivity index (χ2n) is 8.66. The Morgan fingerprint density at radius 1 is 1.35 bits per heavy atom. The summed E-state index contributed by atoms with van der Waals surface area (Å²) in [7, 11) is 1.50. The van der Waals surface area contributed by atoms with Crippen LogP contribution in [0.25, 0.3) is 11.2 Å². The maximum atomic E-state index is 10.7. The number of aromatic nitrogens is 4. The Kier molecular flexibility index (Phi) is 7.42. The van der Waals surface area contributed by atoms with E-state index in [1.54, 1.807) is 10.9 Å². The zero-order chi connectivity index (χ0) is 22.8. The quantitative estimate of drug-likeness (QED) is 0.393. The van der Waals surface area contributed by atoms with E-state index >= 15 is 0 Å². The fourth-order valence-electron chi connectivity index (χ4n) is 3.44. The molecule has 1 saturated heterocycles. The van der Waals surface area contributed by atoms with E-state index in [2.05, 4.69) is 59.8 Å². The van der Waals surface area contributed by atoms with Gasteiger partial charge in [-0.2, -0.15) is 9.97 Å². The molecule has 31 heavy (non-hydrogen) atoms. The number of allylic oxidation sites excluding steroid dienone is 1. The molecule has 3 N–H and O–H groups in total. The molecule has 1 fully saturated rings. The Labute approximate surface area is 183 Å². The van der Waals surface area contributed by atoms with Gasteiger partial charge in [0.25, 0.3) is 0 Å². The first-order valence-corrected chi connectivity index (χ1v) is 13.6. The summed E-state index contributed by atoms with van der Waals surface area (Å²) in [5, 5.41) is 24.5. The predicted molar refractivity (Wildman–Crippen MR) is 126 cm³/mol. The van der Waals surface area contributed by atoms with E-state index in [1.807, 2.05) is 0 Å². The van der Waals surface area contributed by atoms with Gasteiger partial charge >= 0.3 is 6.01 Å². The highest BCUT2D eigenvalue weighted by molar-refractivity contribution is 7.72. The molecule has 0 radical (unpaired) electrons. The summed E-state index contributed by atoms with van der Waals surface area (Å²) in [6.07, 6.45) is 6.99. The number of hydrogen-bond donors (Lipinski definition) is 3. The van der Waals surface area contributed by atoms with Gasteiger partial charge in [0.2, 0.25) is 0 Å². The first-order valence-electron chi connectivity index (χ1n) is 10.5. The van der Waals surface area contributed by atoms with Crippen molar-refractivity contribution >= 4 is 30.2 Å². The normalized spacial score (nSPS) is 24.7. The molecule has 0 bridgehead atoms. The van der Waals surface area contributed by atoms with Crippen LogP contribution in [0.5, 0.6) is 6.01 Å². The number of imidazole rings is 1. The number of ether oxygens (including phenoxy) is 2. The Morgan fingerprint density at radius 3 is 2.74 bits per heavy atom. The van der Waals surface area contributed by atoms with E-state index in [0.29, 0.717) is 29.9 Å². The SMILES string of the molecule is C=P(C)(C)CC[C@H]1O[C@@H](n2cnc3c(NC/C=C(/C)CC)nc(OC)nc32)[C@H](O)[C@@H]1O. The Morgan fingerprint density at radius 2 is 2.10 bits per heavy atom. The van der Waals surface area contributed by atoms with Gasteiger partial charge in [0.05, 0.1) is 19.5 Å². The van der Waals surface area contributed by atoms with Crippen molar-refractivity contribution < 1.29 is 19.7 Å². The van der Waals surface area contributed by atoms with Crippen molar-refractivity contribution in [2.45, 2.75) is 51.2 Å². The minimum absolute atomic E-state index is 0.182. The molecule has 3 heterocycles. The lowest BCUT2D eigenvalue weighted by Crippen LogP contribution is -2.31. The second kappa shape index (κ2) is 9.69. The molecule has 172 valence electrons. The van der Waals surface area contributed by atoms with Gasteiger partial charge in [0.15, 0.2) is 23.2 Å². The van der Waals surface area contributed by atoms with Crippen molar-refractivity contribution in [1.29, 1.82) is 0 Å². The van der Waals surface area contributed by atoms with Gasteiger partial charge in [0.1, 0.15) is 12.2 Å². The van der Waals surface area contributed by atoms with Crippen LogP contribution >= 0.6 is 6.89 Å². The van der Waals surface area contributed by atoms with Gasteiger partial charge in [-0.25, -0.2) is 4.98 Å². The molecule has 0 aliphatic carbocycles. The fourth-order valence-corrected chi connectivity index (χ4v) is 4.39. The summed E-state index contributed by atoms with van der Waals surface area (Å²) in [6, 6.07) is 0.182. The monoisotopic (exact) mass is 451 g/mol. The smallest absolute Gasteiger partial charge is 0.320 e. The summed E-state index contributed by atoms with van der Waals surface area (Å²) in [5.74, 6) is 0.536. The molecule has 0 saturated carbocycles. The molecule has 1 aliphatic heterocycles. The van der Waals surface area contributed by atoms with Gasteiger partial charge in [-0.1, -0.05) is 18.6 Å². The van der Waals surface area contributed by atoms with Gasteiger partial charge < -0.3 is 25.0 Å². The number of nitrogens with one attached hydrogen (secondary N) is 1. The molecule has 10 heteroatoms. The Bertz CT molecular complexity index is 986. The second-order valence-corrected chi connectivity index (χ2v) is 13.0. The minimum atomic E-state index is -1.26. The molecule has 9 nitrogen and oxygen atoms in total. The summed E-state index contributed by atoms with van der Waals surface area (Å²) >= 11 is 0. The lowest BCUT2D eigenvalue weighted by Gasteiger charge is -2.18. The van der Waals surface area contributed by atoms with Crippen LogP contribution in [0.15, 0.2) is 18.0 Å². The number of rotatable bonds is 9. The van der Waals surface area contributed by atoms with E-state index in [9.17, 15) is 10.2 Å². The molecule has 0 aromatic carbocycles. The molecule has 3 rings (SSSR count). The van der Waals surface area contributed by atoms with Crippen molar-refractivity contribution in [2.75, 3.05) is 38.5 Å². The standard InChI is InChI=1S/C21H34N5O4P/c1-7-13(2)8-10-22-18-15-19(25-21(24-18)29-3)26(12-23-15)20-17(28)16(27)14(30-20)9-11-31(4,5)6/h8,12,14,16-17,20,27-28H,4,7,9-11H2,1-3,5-6H3,(H,22,24,25)/b13-8-/t14-,16-,17-,20-/m1/s1. The summed E-state index contributed by atoms with van der Waals surface area (Å²) in [6.45, 7) is 7.79. The van der Waals surface area contributed by atoms with Crippen molar-refractivity contribution in [1.82, 2.24) is 19.5 Å². The molecule has 0 spiro atoms. The number of anilines is 1. The van der Waals surface area contributed by atoms with Crippen LogP contribution in [0.2, 0.25) is 0 Å². The van der Waals surface area contributed by atoms with Crippen molar-refractivity contribution in [3.8, 4) is 6.01 Å². The zero-order valence-corrected chi connectivity index (χ0v) is 19.8. The average Bonchev–Trinajstić information content (AvgIpc) is 3.27. The highest BCUT2D eigenvalue weighted by Crippen LogP contribution is 2.40. The molecular formula is C21H34N5O4P. The van der Waals surface area contributed by atoms with Gasteiger partial charge in [-0.3, -0.25) is 4.57 Å². The number of nitrogens with zero attached hydrogens (tertiary/aromatic N) is 4. The number of aliphatic hydroxyl groups is 2. The van der Waals surface area contributed by atoms with Crippen LogP contribution in [0.1, 0.15) is 32.9 Å². The van der Waals surface area contributed by atoms with E-state index < -0.39 is 31.4 Å². The van der Waals surface area contributed by atoms with Crippen molar-refractivity contribution in [3.05, 3.63) is 18.0 Å². The highest BCUT2D eigenvalue weighted by Gasteiger charge is 2.44. The van der Waals surface area contributed by atoms with Crippen LogP contribution in [0.3, 0.4) is 0 Å². The summed E-state index contributed by atoms with van der Waals surface area (Å²) in [5.41, 5.74) is 2.28. The Hall–Kier alpha value is -1.93. The van der Waals surface area contributed by atoms with Crippen molar-refractivity contribution in [3.63, 3.8) is 0 Å². The van der Waals surface area contributed by atoms with Crippen molar-refractivity contribution in [2.24, 2.45) is 0 Å². The largest absolute Gasteiger partial charge is 0.467 e. The predicted octanol–water partition coefficient (Wildman–Crippen LogP) is 2.32. The van der Waals surface area contributed by atoms with Crippen LogP contribution < -0.4 is 10.1 Å². The molecule has 0 amide bonds.